The molecule has 5 heteroatoms. The second-order valence-corrected chi connectivity index (χ2v) is 5.73. The van der Waals surface area contributed by atoms with E-state index in [2.05, 4.69) is 11.6 Å². The number of thioether (sulfide) groups is 1. The molecule has 0 heterocycles. The molecule has 0 fully saturated rings. The van der Waals surface area contributed by atoms with Crippen molar-refractivity contribution in [2.45, 2.75) is 25.8 Å². The minimum atomic E-state index is 0.690. The first-order chi connectivity index (χ1) is 10.3. The quantitative estimate of drug-likeness (QED) is 0.635. The lowest BCUT2D eigenvalue weighted by molar-refractivity contribution is 0.347. The van der Waals surface area contributed by atoms with Gasteiger partial charge >= 0.3 is 0 Å². The van der Waals surface area contributed by atoms with Crippen LogP contribution in [0.2, 0.25) is 0 Å². The molecular weight excluding hydrogens is 286 g/mol. The fraction of sp³-hybridized carbons (Fsp3) is 0.625. The molecule has 0 aliphatic heterocycles. The summed E-state index contributed by atoms with van der Waals surface area (Å²) in [5.41, 5.74) is 1.08. The highest BCUT2D eigenvalue weighted by Crippen LogP contribution is 2.34. The Morgan fingerprint density at radius 2 is 1.57 bits per heavy atom. The third-order valence-electron chi connectivity index (χ3n) is 3.30. The molecule has 21 heavy (non-hydrogen) atoms. The Labute approximate surface area is 132 Å². The molecule has 0 spiro atoms. The van der Waals surface area contributed by atoms with Gasteiger partial charge in [0.05, 0.1) is 21.3 Å². The summed E-state index contributed by atoms with van der Waals surface area (Å²) in [7, 11) is 4.95. The van der Waals surface area contributed by atoms with E-state index >= 15 is 0 Å². The van der Waals surface area contributed by atoms with Gasteiger partial charge in [-0.2, -0.15) is 11.8 Å². The Balaban J connectivity index is 2.49. The largest absolute Gasteiger partial charge is 0.496 e. The highest BCUT2D eigenvalue weighted by Gasteiger charge is 2.11. The highest BCUT2D eigenvalue weighted by atomic mass is 32.2. The van der Waals surface area contributed by atoms with Crippen LogP contribution in [0.15, 0.2) is 12.1 Å². The SMILES string of the molecule is COc1cc(OC)c(OC)cc1CNCCCCCSC. The molecule has 1 N–H and O–H groups in total. The molecule has 0 aliphatic rings. The number of unbranched alkanes of at least 4 members (excludes halogenated alkanes) is 2. The zero-order chi connectivity index (χ0) is 15.5. The van der Waals surface area contributed by atoms with E-state index in [4.69, 9.17) is 14.2 Å². The van der Waals surface area contributed by atoms with Gasteiger partial charge in [0.25, 0.3) is 0 Å². The Morgan fingerprint density at radius 1 is 0.905 bits per heavy atom. The summed E-state index contributed by atoms with van der Waals surface area (Å²) in [4.78, 5) is 0. The number of benzene rings is 1. The Bertz CT molecular complexity index is 413. The van der Waals surface area contributed by atoms with Crippen LogP contribution in [0.3, 0.4) is 0 Å². The summed E-state index contributed by atoms with van der Waals surface area (Å²) in [6.45, 7) is 1.79. The summed E-state index contributed by atoms with van der Waals surface area (Å²) in [6, 6.07) is 3.84. The number of hydrogen-bond donors (Lipinski definition) is 1. The molecular formula is C16H27NO3S. The van der Waals surface area contributed by atoms with E-state index < -0.39 is 0 Å². The van der Waals surface area contributed by atoms with Gasteiger partial charge in [-0.25, -0.2) is 0 Å². The summed E-state index contributed by atoms with van der Waals surface area (Å²) >= 11 is 1.91. The van der Waals surface area contributed by atoms with Crippen LogP contribution in [-0.2, 0) is 6.54 Å². The summed E-state index contributed by atoms with van der Waals surface area (Å²) in [5, 5.41) is 3.46. The standard InChI is InChI=1S/C16H27NO3S/c1-18-14-11-16(20-3)15(19-2)10-13(14)12-17-8-6-5-7-9-21-4/h10-11,17H,5-9,12H2,1-4H3. The van der Waals surface area contributed by atoms with Crippen LogP contribution < -0.4 is 19.5 Å². The van der Waals surface area contributed by atoms with Gasteiger partial charge in [-0.05, 0) is 37.5 Å². The minimum Gasteiger partial charge on any atom is -0.496 e. The molecule has 0 bridgehead atoms. The normalized spacial score (nSPS) is 10.5. The van der Waals surface area contributed by atoms with Gasteiger partial charge in [0.1, 0.15) is 5.75 Å². The summed E-state index contributed by atoms with van der Waals surface area (Å²) < 4.78 is 16.0. The van der Waals surface area contributed by atoms with E-state index in [1.165, 1.54) is 25.0 Å². The van der Waals surface area contributed by atoms with Gasteiger partial charge in [0, 0.05) is 18.2 Å². The van der Waals surface area contributed by atoms with Gasteiger partial charge in [0.2, 0.25) is 0 Å². The van der Waals surface area contributed by atoms with Gasteiger partial charge in [-0.1, -0.05) is 6.42 Å². The molecule has 0 atom stereocenters. The number of hydrogen-bond acceptors (Lipinski definition) is 5. The monoisotopic (exact) mass is 313 g/mol. The van der Waals surface area contributed by atoms with E-state index in [-0.39, 0.29) is 0 Å². The zero-order valence-electron chi connectivity index (χ0n) is 13.5. The maximum absolute atomic E-state index is 5.42. The van der Waals surface area contributed by atoms with Crippen molar-refractivity contribution in [3.05, 3.63) is 17.7 Å². The molecule has 0 radical (unpaired) electrons. The van der Waals surface area contributed by atoms with Crippen LogP contribution in [0.4, 0.5) is 0 Å². The van der Waals surface area contributed by atoms with E-state index in [1.54, 1.807) is 21.3 Å². The van der Waals surface area contributed by atoms with Crippen LogP contribution in [0.1, 0.15) is 24.8 Å². The van der Waals surface area contributed by atoms with Crippen molar-refractivity contribution in [3.8, 4) is 17.2 Å². The molecule has 120 valence electrons. The smallest absolute Gasteiger partial charge is 0.164 e. The molecule has 0 unspecified atom stereocenters. The maximum atomic E-state index is 5.42. The third-order valence-corrected chi connectivity index (χ3v) is 4.00. The van der Waals surface area contributed by atoms with Crippen molar-refractivity contribution < 1.29 is 14.2 Å². The average molecular weight is 313 g/mol. The van der Waals surface area contributed by atoms with Crippen molar-refractivity contribution in [3.63, 3.8) is 0 Å². The van der Waals surface area contributed by atoms with Crippen LogP contribution in [0, 0.1) is 0 Å². The summed E-state index contributed by atoms with van der Waals surface area (Å²) in [5.74, 6) is 3.50. The topological polar surface area (TPSA) is 39.7 Å². The Morgan fingerprint density at radius 3 is 2.19 bits per heavy atom. The lowest BCUT2D eigenvalue weighted by atomic mass is 10.1. The fourth-order valence-electron chi connectivity index (χ4n) is 2.13. The second-order valence-electron chi connectivity index (χ2n) is 4.75. The predicted molar refractivity (Wildman–Crippen MR) is 90.0 cm³/mol. The van der Waals surface area contributed by atoms with E-state index in [9.17, 15) is 0 Å². The summed E-state index contributed by atoms with van der Waals surface area (Å²) in [6.07, 6.45) is 5.93. The van der Waals surface area contributed by atoms with Gasteiger partial charge in [0.15, 0.2) is 11.5 Å². The highest BCUT2D eigenvalue weighted by molar-refractivity contribution is 7.98. The molecule has 0 saturated heterocycles. The minimum absolute atomic E-state index is 0.690. The van der Waals surface area contributed by atoms with Crippen molar-refractivity contribution in [2.75, 3.05) is 39.9 Å². The molecule has 0 aliphatic carbocycles. The molecule has 1 rings (SSSR count). The van der Waals surface area contributed by atoms with Crippen LogP contribution in [-0.4, -0.2) is 39.9 Å². The number of methoxy groups -OCH3 is 3. The first-order valence-corrected chi connectivity index (χ1v) is 8.64. The Kier molecular flexibility index (Phi) is 9.10. The Hall–Kier alpha value is -1.07. The maximum Gasteiger partial charge on any atom is 0.164 e. The third kappa shape index (κ3) is 6.06. The predicted octanol–water partition coefficient (Wildman–Crippen LogP) is 3.34. The second kappa shape index (κ2) is 10.6. The fourth-order valence-corrected chi connectivity index (χ4v) is 2.62. The van der Waals surface area contributed by atoms with E-state index in [0.29, 0.717) is 5.75 Å². The lowest BCUT2D eigenvalue weighted by Gasteiger charge is -2.14. The van der Waals surface area contributed by atoms with Crippen LogP contribution in [0.5, 0.6) is 17.2 Å². The van der Waals surface area contributed by atoms with E-state index in [1.807, 2.05) is 23.9 Å². The molecule has 0 amide bonds. The zero-order valence-corrected chi connectivity index (χ0v) is 14.3. The molecule has 0 aromatic heterocycles. The van der Waals surface area contributed by atoms with E-state index in [0.717, 1.165) is 30.2 Å². The van der Waals surface area contributed by atoms with Gasteiger partial charge < -0.3 is 19.5 Å². The van der Waals surface area contributed by atoms with Crippen LogP contribution >= 0.6 is 11.8 Å². The molecule has 4 nitrogen and oxygen atoms in total. The molecule has 1 aromatic rings. The number of rotatable bonds is 11. The molecule has 0 saturated carbocycles. The molecule has 1 aromatic carbocycles. The number of nitrogens with one attached hydrogen (secondary N) is 1. The first kappa shape index (κ1) is 18.0. The van der Waals surface area contributed by atoms with Crippen molar-refractivity contribution in [1.29, 1.82) is 0 Å². The van der Waals surface area contributed by atoms with Gasteiger partial charge in [-0.15, -0.1) is 0 Å². The lowest BCUT2D eigenvalue weighted by Crippen LogP contribution is -2.15. The van der Waals surface area contributed by atoms with Crippen LogP contribution in [0.25, 0.3) is 0 Å². The van der Waals surface area contributed by atoms with Crippen molar-refractivity contribution >= 4 is 11.8 Å². The van der Waals surface area contributed by atoms with Crippen molar-refractivity contribution in [1.82, 2.24) is 5.32 Å². The number of ether oxygens (including phenoxy) is 3. The van der Waals surface area contributed by atoms with Crippen molar-refractivity contribution in [2.24, 2.45) is 0 Å². The average Bonchev–Trinajstić information content (AvgIpc) is 2.53. The first-order valence-electron chi connectivity index (χ1n) is 7.25. The van der Waals surface area contributed by atoms with Gasteiger partial charge in [-0.3, -0.25) is 0 Å².